The molecule has 2 amide bonds. The van der Waals surface area contributed by atoms with Crippen molar-refractivity contribution in [2.75, 3.05) is 0 Å². The smallest absolute Gasteiger partial charge is 0.308 e. The van der Waals surface area contributed by atoms with E-state index in [1.165, 1.54) is 0 Å². The van der Waals surface area contributed by atoms with Gasteiger partial charge in [0.25, 0.3) is 11.8 Å². The van der Waals surface area contributed by atoms with Gasteiger partial charge in [-0.25, -0.2) is 0 Å². The van der Waals surface area contributed by atoms with Gasteiger partial charge in [-0.2, -0.15) is 0 Å². The lowest BCUT2D eigenvalue weighted by atomic mass is 10.0. The van der Waals surface area contributed by atoms with E-state index in [2.05, 4.69) is 10.6 Å². The molecule has 2 rings (SSSR count). The summed E-state index contributed by atoms with van der Waals surface area (Å²) in [6.45, 7) is 11.3. The van der Waals surface area contributed by atoms with Crippen LogP contribution in [0.4, 0.5) is 0 Å². The minimum atomic E-state index is -0.525. The van der Waals surface area contributed by atoms with E-state index in [1.807, 2.05) is 52.0 Å². The highest BCUT2D eigenvalue weighted by Gasteiger charge is 2.21. The van der Waals surface area contributed by atoms with E-state index in [1.54, 1.807) is 38.1 Å². The van der Waals surface area contributed by atoms with Crippen LogP contribution in [0.25, 0.3) is 0 Å². The molecule has 166 valence electrons. The van der Waals surface area contributed by atoms with E-state index < -0.39 is 6.04 Å². The number of amides is 2. The number of rotatable bonds is 7. The maximum atomic E-state index is 12.8. The molecule has 0 spiro atoms. The predicted octanol–water partition coefficient (Wildman–Crippen LogP) is 4.34. The van der Waals surface area contributed by atoms with Gasteiger partial charge in [-0.3, -0.25) is 14.4 Å². The first-order valence-corrected chi connectivity index (χ1v) is 10.4. The number of benzene rings is 2. The molecular formula is C25H32N2O4. The average molecular weight is 425 g/mol. The first kappa shape index (κ1) is 24.1. The first-order chi connectivity index (χ1) is 14.4. The summed E-state index contributed by atoms with van der Waals surface area (Å²) in [5.41, 5.74) is 2.44. The summed E-state index contributed by atoms with van der Waals surface area (Å²) in [6.07, 6.45) is -0.201. The Hall–Kier alpha value is -3.15. The zero-order chi connectivity index (χ0) is 23.2. The maximum Gasteiger partial charge on any atom is 0.308 e. The molecule has 0 bridgehead atoms. The maximum absolute atomic E-state index is 12.8. The van der Waals surface area contributed by atoms with Crippen molar-refractivity contribution in [1.29, 1.82) is 0 Å². The topological polar surface area (TPSA) is 84.5 Å². The summed E-state index contributed by atoms with van der Waals surface area (Å²) in [5.74, 6) is -0.908. The lowest BCUT2D eigenvalue weighted by Gasteiger charge is -2.21. The molecule has 2 N–H and O–H groups in total. The van der Waals surface area contributed by atoms with Gasteiger partial charge in [0.15, 0.2) is 0 Å². The van der Waals surface area contributed by atoms with Crippen LogP contribution in [0, 0.1) is 6.92 Å². The molecule has 0 aliphatic carbocycles. The van der Waals surface area contributed by atoms with Crippen molar-refractivity contribution < 1.29 is 19.1 Å². The second kappa shape index (κ2) is 10.2. The summed E-state index contributed by atoms with van der Waals surface area (Å²) in [7, 11) is 0. The van der Waals surface area contributed by atoms with E-state index in [9.17, 15) is 14.4 Å². The Morgan fingerprint density at radius 2 is 1.39 bits per heavy atom. The van der Waals surface area contributed by atoms with Gasteiger partial charge in [0, 0.05) is 16.7 Å². The molecule has 0 aliphatic rings. The Labute approximate surface area is 184 Å². The number of carbonyl (C=O) groups is 3. The molecule has 6 heteroatoms. The number of hydrogen-bond donors (Lipinski definition) is 2. The molecule has 2 aromatic rings. The molecule has 0 saturated carbocycles. The third kappa shape index (κ3) is 7.89. The Kier molecular flexibility index (Phi) is 7.97. The zero-order valence-electron chi connectivity index (χ0n) is 19.1. The quantitative estimate of drug-likeness (QED) is 0.648. The molecular weight excluding hydrogens is 392 g/mol. The molecule has 31 heavy (non-hydrogen) atoms. The lowest BCUT2D eigenvalue weighted by Crippen LogP contribution is -2.40. The van der Waals surface area contributed by atoms with E-state index >= 15 is 0 Å². The van der Waals surface area contributed by atoms with Gasteiger partial charge < -0.3 is 15.4 Å². The van der Waals surface area contributed by atoms with Gasteiger partial charge in [0.1, 0.15) is 0 Å². The van der Waals surface area contributed by atoms with Crippen LogP contribution in [0.2, 0.25) is 0 Å². The first-order valence-electron chi connectivity index (χ1n) is 10.4. The second-order valence-electron chi connectivity index (χ2n) is 8.96. The van der Waals surface area contributed by atoms with Crippen molar-refractivity contribution in [2.24, 2.45) is 0 Å². The lowest BCUT2D eigenvalue weighted by molar-refractivity contribution is -0.147. The Bertz CT molecular complexity index is 910. The largest absolute Gasteiger partial charge is 0.463 e. The van der Waals surface area contributed by atoms with Gasteiger partial charge in [-0.15, -0.1) is 0 Å². The molecule has 6 nitrogen and oxygen atoms in total. The Morgan fingerprint density at radius 1 is 0.871 bits per heavy atom. The highest BCUT2D eigenvalue weighted by Crippen LogP contribution is 2.20. The molecule has 0 fully saturated rings. The SMILES string of the molecule is Cc1ccc(C(CC(=O)OC(C)C)NC(=O)c2ccc(C(=O)NC(C)(C)C)cc2)cc1. The minimum Gasteiger partial charge on any atom is -0.463 e. The summed E-state index contributed by atoms with van der Waals surface area (Å²) in [6, 6.07) is 13.6. The fraction of sp³-hybridized carbons (Fsp3) is 0.400. The van der Waals surface area contributed by atoms with E-state index in [-0.39, 0.29) is 35.8 Å². The van der Waals surface area contributed by atoms with E-state index in [0.717, 1.165) is 11.1 Å². The summed E-state index contributed by atoms with van der Waals surface area (Å²) in [5, 5.41) is 5.81. The van der Waals surface area contributed by atoms with Crippen molar-refractivity contribution >= 4 is 17.8 Å². The van der Waals surface area contributed by atoms with Gasteiger partial charge in [0.05, 0.1) is 18.6 Å². The van der Waals surface area contributed by atoms with E-state index in [4.69, 9.17) is 4.74 Å². The fourth-order valence-corrected chi connectivity index (χ4v) is 2.96. The van der Waals surface area contributed by atoms with Crippen LogP contribution in [0.15, 0.2) is 48.5 Å². The summed E-state index contributed by atoms with van der Waals surface area (Å²) < 4.78 is 5.26. The molecule has 0 heterocycles. The molecule has 1 atom stereocenters. The van der Waals surface area contributed by atoms with Crippen LogP contribution in [0.1, 0.15) is 78.9 Å². The molecule has 2 aromatic carbocycles. The highest BCUT2D eigenvalue weighted by molar-refractivity contribution is 5.98. The molecule has 0 radical (unpaired) electrons. The number of carbonyl (C=O) groups excluding carboxylic acids is 3. The van der Waals surface area contributed by atoms with Crippen LogP contribution in [-0.4, -0.2) is 29.4 Å². The number of hydrogen-bond acceptors (Lipinski definition) is 4. The van der Waals surface area contributed by atoms with Crippen LogP contribution in [0.5, 0.6) is 0 Å². The van der Waals surface area contributed by atoms with Crippen LogP contribution < -0.4 is 10.6 Å². The van der Waals surface area contributed by atoms with Crippen molar-refractivity contribution in [2.45, 2.75) is 65.6 Å². The Balaban J connectivity index is 2.16. The van der Waals surface area contributed by atoms with E-state index in [0.29, 0.717) is 11.1 Å². The van der Waals surface area contributed by atoms with Crippen LogP contribution in [-0.2, 0) is 9.53 Å². The number of nitrogens with one attached hydrogen (secondary N) is 2. The third-order valence-corrected chi connectivity index (χ3v) is 4.42. The third-order valence-electron chi connectivity index (χ3n) is 4.42. The summed E-state index contributed by atoms with van der Waals surface area (Å²) >= 11 is 0. The second-order valence-corrected chi connectivity index (χ2v) is 8.96. The van der Waals surface area contributed by atoms with Gasteiger partial charge in [-0.1, -0.05) is 29.8 Å². The molecule has 0 aromatic heterocycles. The van der Waals surface area contributed by atoms with Gasteiger partial charge in [0.2, 0.25) is 0 Å². The zero-order valence-corrected chi connectivity index (χ0v) is 19.1. The Morgan fingerprint density at radius 3 is 1.87 bits per heavy atom. The minimum absolute atomic E-state index is 0.0268. The van der Waals surface area contributed by atoms with Crippen molar-refractivity contribution in [3.8, 4) is 0 Å². The number of ether oxygens (including phenoxy) is 1. The standard InChI is InChI=1S/C25H32N2O4/c1-16(2)31-22(28)15-21(18-9-7-17(3)8-10-18)26-23(29)19-11-13-20(14-12-19)24(30)27-25(4,5)6/h7-14,16,21H,15H2,1-6H3,(H,26,29)(H,27,30). The van der Waals surface area contributed by atoms with Crippen molar-refractivity contribution in [3.63, 3.8) is 0 Å². The van der Waals surface area contributed by atoms with Gasteiger partial charge >= 0.3 is 5.97 Å². The molecule has 0 aliphatic heterocycles. The monoisotopic (exact) mass is 424 g/mol. The van der Waals surface area contributed by atoms with Crippen molar-refractivity contribution in [3.05, 3.63) is 70.8 Å². The van der Waals surface area contributed by atoms with Gasteiger partial charge in [-0.05, 0) is 71.4 Å². The fourth-order valence-electron chi connectivity index (χ4n) is 2.96. The summed E-state index contributed by atoms with van der Waals surface area (Å²) in [4.78, 5) is 37.4. The molecule has 1 unspecified atom stereocenters. The molecule has 0 saturated heterocycles. The van der Waals surface area contributed by atoms with Crippen LogP contribution in [0.3, 0.4) is 0 Å². The van der Waals surface area contributed by atoms with Crippen molar-refractivity contribution in [1.82, 2.24) is 10.6 Å². The predicted molar refractivity (Wildman–Crippen MR) is 121 cm³/mol. The highest BCUT2D eigenvalue weighted by atomic mass is 16.5. The average Bonchev–Trinajstić information content (AvgIpc) is 2.66. The number of esters is 1. The van der Waals surface area contributed by atoms with Crippen LogP contribution >= 0.6 is 0 Å². The number of aryl methyl sites for hydroxylation is 1. The normalized spacial score (nSPS) is 12.2.